The van der Waals surface area contributed by atoms with Gasteiger partial charge in [-0.25, -0.2) is 0 Å². The standard InChI is InChI=1S/C22H27N3O3S/c26-22(23-21(16-6-1-2-7-16)20-10-5-15-29-20)17-11-13-24(14-12-17)18-8-3-4-9-19(18)25(27)28/h3-5,8-10,15-17,21H,1-2,6-7,11-14H2,(H,23,26)/t21-/m0/s1. The molecule has 6 nitrogen and oxygen atoms in total. The molecule has 7 heteroatoms. The first kappa shape index (κ1) is 19.9. The highest BCUT2D eigenvalue weighted by Crippen LogP contribution is 2.38. The van der Waals surface area contributed by atoms with E-state index in [4.69, 9.17) is 0 Å². The quantitative estimate of drug-likeness (QED) is 0.539. The lowest BCUT2D eigenvalue weighted by atomic mass is 9.92. The van der Waals surface area contributed by atoms with Gasteiger partial charge in [-0.15, -0.1) is 11.3 Å². The van der Waals surface area contributed by atoms with Crippen molar-refractivity contribution < 1.29 is 9.72 Å². The second-order valence-electron chi connectivity index (χ2n) is 8.05. The zero-order valence-electron chi connectivity index (χ0n) is 16.5. The summed E-state index contributed by atoms with van der Waals surface area (Å²) in [6, 6.07) is 11.2. The van der Waals surface area contributed by atoms with Gasteiger partial charge in [-0.1, -0.05) is 31.0 Å². The molecule has 1 aliphatic carbocycles. The van der Waals surface area contributed by atoms with Gasteiger partial charge in [-0.3, -0.25) is 14.9 Å². The van der Waals surface area contributed by atoms with Crippen molar-refractivity contribution >= 4 is 28.6 Å². The smallest absolute Gasteiger partial charge is 0.292 e. The van der Waals surface area contributed by atoms with E-state index in [9.17, 15) is 14.9 Å². The van der Waals surface area contributed by atoms with Crippen LogP contribution >= 0.6 is 11.3 Å². The van der Waals surface area contributed by atoms with Crippen LogP contribution in [0.25, 0.3) is 0 Å². The highest BCUT2D eigenvalue weighted by Gasteiger charge is 2.32. The molecule has 154 valence electrons. The number of amides is 1. The molecule has 2 aromatic rings. The topological polar surface area (TPSA) is 75.5 Å². The minimum absolute atomic E-state index is 0.0297. The molecule has 1 amide bonds. The fourth-order valence-electron chi connectivity index (χ4n) is 4.72. The van der Waals surface area contributed by atoms with Gasteiger partial charge in [0.05, 0.1) is 11.0 Å². The van der Waals surface area contributed by atoms with E-state index in [1.54, 1.807) is 29.5 Å². The third kappa shape index (κ3) is 4.45. The Hall–Kier alpha value is -2.41. The first-order valence-electron chi connectivity index (χ1n) is 10.5. The number of hydrogen-bond donors (Lipinski definition) is 1. The summed E-state index contributed by atoms with van der Waals surface area (Å²) in [7, 11) is 0. The third-order valence-corrected chi connectivity index (χ3v) is 7.26. The number of nitro benzene ring substituents is 1. The molecule has 1 aromatic heterocycles. The Morgan fingerprint density at radius 2 is 1.83 bits per heavy atom. The van der Waals surface area contributed by atoms with E-state index in [0.29, 0.717) is 24.7 Å². The lowest BCUT2D eigenvalue weighted by Gasteiger charge is -2.34. The molecule has 1 aromatic carbocycles. The van der Waals surface area contributed by atoms with E-state index < -0.39 is 0 Å². The maximum Gasteiger partial charge on any atom is 0.292 e. The molecule has 1 aliphatic heterocycles. The molecule has 0 radical (unpaired) electrons. The van der Waals surface area contributed by atoms with Crippen molar-refractivity contribution in [1.82, 2.24) is 5.32 Å². The molecule has 0 bridgehead atoms. The number of anilines is 1. The average molecular weight is 414 g/mol. The van der Waals surface area contributed by atoms with Gasteiger partial charge < -0.3 is 10.2 Å². The minimum Gasteiger partial charge on any atom is -0.366 e. The number of thiophene rings is 1. The number of nitrogens with one attached hydrogen (secondary N) is 1. The van der Waals surface area contributed by atoms with Gasteiger partial charge in [0, 0.05) is 30.0 Å². The summed E-state index contributed by atoms with van der Waals surface area (Å²) in [5.41, 5.74) is 0.785. The molecule has 0 spiro atoms. The van der Waals surface area contributed by atoms with Gasteiger partial charge in [0.25, 0.3) is 5.69 Å². The fourth-order valence-corrected chi connectivity index (χ4v) is 5.59. The van der Waals surface area contributed by atoms with E-state index in [2.05, 4.69) is 22.8 Å². The Morgan fingerprint density at radius 1 is 1.10 bits per heavy atom. The molecule has 2 fully saturated rings. The summed E-state index contributed by atoms with van der Waals surface area (Å²) in [6.45, 7) is 1.33. The van der Waals surface area contributed by atoms with Crippen LogP contribution < -0.4 is 10.2 Å². The van der Waals surface area contributed by atoms with Gasteiger partial charge >= 0.3 is 0 Å². The number of carbonyl (C=O) groups excluding carboxylic acids is 1. The van der Waals surface area contributed by atoms with E-state index in [0.717, 1.165) is 12.8 Å². The van der Waals surface area contributed by atoms with Crippen molar-refractivity contribution in [1.29, 1.82) is 0 Å². The van der Waals surface area contributed by atoms with Crippen LogP contribution in [-0.2, 0) is 4.79 Å². The highest BCUT2D eigenvalue weighted by atomic mass is 32.1. The molecule has 1 atom stereocenters. The summed E-state index contributed by atoms with van der Waals surface area (Å²) in [4.78, 5) is 27.3. The van der Waals surface area contributed by atoms with Crippen LogP contribution in [0, 0.1) is 22.0 Å². The second kappa shape index (κ2) is 8.95. The Bertz CT molecular complexity index is 841. The predicted octanol–water partition coefficient (Wildman–Crippen LogP) is 4.92. The fraction of sp³-hybridized carbons (Fsp3) is 0.500. The number of carbonyl (C=O) groups is 1. The molecule has 1 saturated carbocycles. The SMILES string of the molecule is O=C(N[C@H](c1cccs1)C1CCCC1)C1CCN(c2ccccc2[N+](=O)[O-])CC1. The van der Waals surface area contributed by atoms with Crippen molar-refractivity contribution in [2.24, 2.45) is 11.8 Å². The number of nitro groups is 1. The van der Waals surface area contributed by atoms with Gasteiger partial charge in [-0.2, -0.15) is 0 Å². The monoisotopic (exact) mass is 413 g/mol. The summed E-state index contributed by atoms with van der Waals surface area (Å²) in [5.74, 6) is 0.639. The lowest BCUT2D eigenvalue weighted by molar-refractivity contribution is -0.384. The van der Waals surface area contributed by atoms with E-state index in [1.165, 1.54) is 30.6 Å². The zero-order valence-corrected chi connectivity index (χ0v) is 17.3. The van der Waals surface area contributed by atoms with Crippen LogP contribution in [-0.4, -0.2) is 23.9 Å². The number of para-hydroxylation sites is 2. The largest absolute Gasteiger partial charge is 0.366 e. The molecule has 4 rings (SSSR count). The normalized spacial score (nSPS) is 19.2. The lowest BCUT2D eigenvalue weighted by Crippen LogP contribution is -2.42. The first-order chi connectivity index (χ1) is 14.1. The number of benzene rings is 1. The van der Waals surface area contributed by atoms with Crippen molar-refractivity contribution in [2.75, 3.05) is 18.0 Å². The Balaban J connectivity index is 1.39. The van der Waals surface area contributed by atoms with Crippen molar-refractivity contribution in [3.8, 4) is 0 Å². The molecule has 2 heterocycles. The van der Waals surface area contributed by atoms with Crippen molar-refractivity contribution in [3.05, 3.63) is 56.8 Å². The summed E-state index contributed by atoms with van der Waals surface area (Å²) >= 11 is 1.72. The maximum atomic E-state index is 13.0. The van der Waals surface area contributed by atoms with Crippen molar-refractivity contribution in [2.45, 2.75) is 44.6 Å². The van der Waals surface area contributed by atoms with Crippen molar-refractivity contribution in [3.63, 3.8) is 0 Å². The molecule has 0 unspecified atom stereocenters. The average Bonchev–Trinajstić information content (AvgIpc) is 3.46. The Morgan fingerprint density at radius 3 is 2.48 bits per heavy atom. The molecule has 29 heavy (non-hydrogen) atoms. The zero-order chi connectivity index (χ0) is 20.2. The number of piperidine rings is 1. The van der Waals surface area contributed by atoms with Crippen LogP contribution in [0.2, 0.25) is 0 Å². The Kier molecular flexibility index (Phi) is 6.13. The summed E-state index contributed by atoms with van der Waals surface area (Å²) in [5, 5.41) is 16.8. The number of hydrogen-bond acceptors (Lipinski definition) is 5. The first-order valence-corrected chi connectivity index (χ1v) is 11.3. The minimum atomic E-state index is -0.332. The third-order valence-electron chi connectivity index (χ3n) is 6.30. The van der Waals surface area contributed by atoms with E-state index in [-0.39, 0.29) is 28.5 Å². The summed E-state index contributed by atoms with van der Waals surface area (Å²) < 4.78 is 0. The Labute approximate surface area is 175 Å². The van der Waals surface area contributed by atoms with Gasteiger partial charge in [0.1, 0.15) is 5.69 Å². The highest BCUT2D eigenvalue weighted by molar-refractivity contribution is 7.10. The molecule has 1 N–H and O–H groups in total. The van der Waals surface area contributed by atoms with Gasteiger partial charge in [0.2, 0.25) is 5.91 Å². The van der Waals surface area contributed by atoms with E-state index >= 15 is 0 Å². The van der Waals surface area contributed by atoms with Crippen LogP contribution in [0.1, 0.15) is 49.4 Å². The maximum absolute atomic E-state index is 13.0. The van der Waals surface area contributed by atoms with Gasteiger partial charge in [0.15, 0.2) is 0 Å². The molecule has 2 aliphatic rings. The number of nitrogens with zero attached hydrogens (tertiary/aromatic N) is 2. The number of rotatable bonds is 6. The van der Waals surface area contributed by atoms with E-state index in [1.807, 2.05) is 11.0 Å². The van der Waals surface area contributed by atoms with Crippen LogP contribution in [0.3, 0.4) is 0 Å². The second-order valence-corrected chi connectivity index (χ2v) is 9.03. The van der Waals surface area contributed by atoms with Crippen LogP contribution in [0.4, 0.5) is 11.4 Å². The molecular weight excluding hydrogens is 386 g/mol. The predicted molar refractivity (Wildman–Crippen MR) is 115 cm³/mol. The van der Waals surface area contributed by atoms with Gasteiger partial charge in [-0.05, 0) is 49.1 Å². The van der Waals surface area contributed by atoms with Crippen LogP contribution in [0.5, 0.6) is 0 Å². The molecule has 1 saturated heterocycles. The van der Waals surface area contributed by atoms with Crippen LogP contribution in [0.15, 0.2) is 41.8 Å². The molecular formula is C22H27N3O3S. The summed E-state index contributed by atoms with van der Waals surface area (Å²) in [6.07, 6.45) is 6.30.